The summed E-state index contributed by atoms with van der Waals surface area (Å²) in [7, 11) is -1.90. The van der Waals surface area contributed by atoms with Crippen LogP contribution in [0.25, 0.3) is 0 Å². The molecule has 0 saturated carbocycles. The number of ether oxygens (including phenoxy) is 1. The topological polar surface area (TPSA) is 96.2 Å². The number of nitrogens with zero attached hydrogens (tertiary/aromatic N) is 3. The van der Waals surface area contributed by atoms with Gasteiger partial charge in [-0.1, -0.05) is 0 Å². The molecule has 0 spiro atoms. The fourth-order valence-electron chi connectivity index (χ4n) is 3.13. The largest absolute Gasteiger partial charge is 0.378 e. The molecule has 3 rings (SSSR count). The number of hydrogen-bond acceptors (Lipinski definition) is 6. The number of hydrogen-bond donors (Lipinski definition) is 1. The predicted octanol–water partition coefficient (Wildman–Crippen LogP) is -0.0200. The SMILES string of the molecule is CN1CCN(c2ccc(C(=O)N3CCOCC3)cc2S(N)(=O)=O)CC1.Cl. The Bertz CT molecular complexity index is 745. The molecule has 2 saturated heterocycles. The zero-order chi connectivity index (χ0) is 18.0. The third kappa shape index (κ3) is 4.66. The molecule has 2 N–H and O–H groups in total. The summed E-state index contributed by atoms with van der Waals surface area (Å²) < 4.78 is 29.5. The quantitative estimate of drug-likeness (QED) is 0.760. The highest BCUT2D eigenvalue weighted by Gasteiger charge is 2.25. The number of piperazine rings is 1. The lowest BCUT2D eigenvalue weighted by atomic mass is 10.1. The molecule has 2 aliphatic rings. The Morgan fingerprint density at radius 2 is 1.69 bits per heavy atom. The highest BCUT2D eigenvalue weighted by Crippen LogP contribution is 2.27. The van der Waals surface area contributed by atoms with Gasteiger partial charge in [-0.3, -0.25) is 4.79 Å². The fourth-order valence-corrected chi connectivity index (χ4v) is 3.91. The van der Waals surface area contributed by atoms with E-state index in [-0.39, 0.29) is 23.2 Å². The summed E-state index contributed by atoms with van der Waals surface area (Å²) in [6.45, 7) is 5.12. The monoisotopic (exact) mass is 404 g/mol. The van der Waals surface area contributed by atoms with Gasteiger partial charge in [0.05, 0.1) is 18.9 Å². The van der Waals surface area contributed by atoms with Gasteiger partial charge in [-0.15, -0.1) is 12.4 Å². The van der Waals surface area contributed by atoms with Crippen LogP contribution in [0.4, 0.5) is 5.69 Å². The smallest absolute Gasteiger partial charge is 0.254 e. The molecule has 0 atom stereocenters. The van der Waals surface area contributed by atoms with Crippen LogP contribution in [0.5, 0.6) is 0 Å². The standard InChI is InChI=1S/C16H24N4O4S.ClH/c1-18-4-6-19(7-5-18)14-3-2-13(12-15(14)25(17,22)23)16(21)20-8-10-24-11-9-20;/h2-3,12H,4-11H2,1H3,(H2,17,22,23);1H. The number of sulfonamides is 1. The van der Waals surface area contributed by atoms with Crippen LogP contribution in [0.3, 0.4) is 0 Å². The maximum Gasteiger partial charge on any atom is 0.254 e. The molecular weight excluding hydrogens is 380 g/mol. The molecule has 2 aliphatic heterocycles. The molecule has 1 aromatic rings. The van der Waals surface area contributed by atoms with Crippen molar-refractivity contribution in [3.8, 4) is 0 Å². The molecule has 0 bridgehead atoms. The molecule has 146 valence electrons. The molecule has 1 aromatic carbocycles. The van der Waals surface area contributed by atoms with Crippen LogP contribution < -0.4 is 10.0 Å². The van der Waals surface area contributed by atoms with Gasteiger partial charge in [0, 0.05) is 44.8 Å². The number of amides is 1. The van der Waals surface area contributed by atoms with Gasteiger partial charge < -0.3 is 19.4 Å². The Morgan fingerprint density at radius 3 is 2.27 bits per heavy atom. The van der Waals surface area contributed by atoms with E-state index in [4.69, 9.17) is 9.88 Å². The lowest BCUT2D eigenvalue weighted by Gasteiger charge is -2.35. The van der Waals surface area contributed by atoms with Gasteiger partial charge in [-0.25, -0.2) is 13.6 Å². The van der Waals surface area contributed by atoms with E-state index in [9.17, 15) is 13.2 Å². The summed E-state index contributed by atoms with van der Waals surface area (Å²) in [6, 6.07) is 4.78. The third-order valence-corrected chi connectivity index (χ3v) is 5.60. The van der Waals surface area contributed by atoms with Gasteiger partial charge >= 0.3 is 0 Å². The molecule has 0 aromatic heterocycles. The Morgan fingerprint density at radius 1 is 1.08 bits per heavy atom. The molecular formula is C16H25ClN4O4S. The van der Waals surface area contributed by atoms with E-state index in [1.54, 1.807) is 17.0 Å². The molecule has 0 unspecified atom stereocenters. The number of carbonyl (C=O) groups is 1. The van der Waals surface area contributed by atoms with Crippen LogP contribution in [-0.4, -0.2) is 83.7 Å². The van der Waals surface area contributed by atoms with Gasteiger partial charge in [-0.05, 0) is 25.2 Å². The maximum atomic E-state index is 12.6. The van der Waals surface area contributed by atoms with E-state index in [0.29, 0.717) is 37.6 Å². The van der Waals surface area contributed by atoms with Gasteiger partial charge in [0.1, 0.15) is 4.90 Å². The maximum absolute atomic E-state index is 12.6. The van der Waals surface area contributed by atoms with E-state index in [1.807, 2.05) is 11.9 Å². The predicted molar refractivity (Wildman–Crippen MR) is 101 cm³/mol. The lowest BCUT2D eigenvalue weighted by molar-refractivity contribution is 0.0302. The number of anilines is 1. The van der Waals surface area contributed by atoms with Crippen LogP contribution >= 0.6 is 12.4 Å². The molecule has 26 heavy (non-hydrogen) atoms. The molecule has 8 nitrogen and oxygen atoms in total. The first kappa shape index (κ1) is 20.9. The Balaban J connectivity index is 0.00000243. The third-order valence-electron chi connectivity index (χ3n) is 4.66. The van der Waals surface area contributed by atoms with Crippen LogP contribution in [0.1, 0.15) is 10.4 Å². The highest BCUT2D eigenvalue weighted by molar-refractivity contribution is 7.89. The van der Waals surface area contributed by atoms with Crippen molar-refractivity contribution in [1.82, 2.24) is 9.80 Å². The van der Waals surface area contributed by atoms with Crippen molar-refractivity contribution in [2.24, 2.45) is 5.14 Å². The van der Waals surface area contributed by atoms with E-state index in [2.05, 4.69) is 4.90 Å². The first-order valence-corrected chi connectivity index (χ1v) is 9.88. The summed E-state index contributed by atoms with van der Waals surface area (Å²) in [5, 5.41) is 5.43. The molecule has 2 heterocycles. The number of carbonyl (C=O) groups excluding carboxylic acids is 1. The first-order chi connectivity index (χ1) is 11.9. The van der Waals surface area contributed by atoms with Crippen LogP contribution in [0.2, 0.25) is 0 Å². The van der Waals surface area contributed by atoms with E-state index < -0.39 is 10.0 Å². The molecule has 1 amide bonds. The number of rotatable bonds is 3. The Kier molecular flexibility index (Phi) is 6.86. The first-order valence-electron chi connectivity index (χ1n) is 8.33. The van der Waals surface area contributed by atoms with Crippen molar-refractivity contribution >= 4 is 34.0 Å². The molecule has 2 fully saturated rings. The number of halogens is 1. The second-order valence-corrected chi connectivity index (χ2v) is 7.95. The van der Waals surface area contributed by atoms with E-state index >= 15 is 0 Å². The minimum atomic E-state index is -3.93. The van der Waals surface area contributed by atoms with Crippen molar-refractivity contribution in [2.75, 3.05) is 64.4 Å². The molecule has 0 radical (unpaired) electrons. The normalized spacial score (nSPS) is 19.2. The number of likely N-dealkylation sites (N-methyl/N-ethyl adjacent to an activating group) is 1. The zero-order valence-electron chi connectivity index (χ0n) is 14.8. The fraction of sp³-hybridized carbons (Fsp3) is 0.562. The average Bonchev–Trinajstić information content (AvgIpc) is 2.61. The summed E-state index contributed by atoms with van der Waals surface area (Å²) in [6.07, 6.45) is 0. The minimum absolute atomic E-state index is 0. The van der Waals surface area contributed by atoms with Crippen molar-refractivity contribution in [3.05, 3.63) is 23.8 Å². The van der Waals surface area contributed by atoms with Crippen molar-refractivity contribution in [3.63, 3.8) is 0 Å². The second kappa shape index (κ2) is 8.53. The van der Waals surface area contributed by atoms with E-state index in [0.717, 1.165) is 26.2 Å². The molecule has 10 heteroatoms. The summed E-state index contributed by atoms with van der Waals surface area (Å²) in [5.74, 6) is -0.196. The highest BCUT2D eigenvalue weighted by atomic mass is 35.5. The second-order valence-electron chi connectivity index (χ2n) is 6.42. The van der Waals surface area contributed by atoms with Gasteiger partial charge in [0.25, 0.3) is 5.91 Å². The minimum Gasteiger partial charge on any atom is -0.378 e. The van der Waals surface area contributed by atoms with Gasteiger partial charge in [-0.2, -0.15) is 0 Å². The Hall–Kier alpha value is -1.39. The number of morpholine rings is 1. The average molecular weight is 405 g/mol. The van der Waals surface area contributed by atoms with Crippen molar-refractivity contribution < 1.29 is 17.9 Å². The molecule has 0 aliphatic carbocycles. The summed E-state index contributed by atoms with van der Waals surface area (Å²) in [4.78, 5) is 18.5. The number of nitrogens with two attached hydrogens (primary N) is 1. The van der Waals surface area contributed by atoms with Crippen LogP contribution in [0, 0.1) is 0 Å². The number of primary sulfonamides is 1. The van der Waals surface area contributed by atoms with Gasteiger partial charge in [0.15, 0.2) is 0 Å². The van der Waals surface area contributed by atoms with Gasteiger partial charge in [0.2, 0.25) is 10.0 Å². The Labute approximate surface area is 160 Å². The lowest BCUT2D eigenvalue weighted by Crippen LogP contribution is -2.45. The zero-order valence-corrected chi connectivity index (χ0v) is 16.4. The van der Waals surface area contributed by atoms with Crippen LogP contribution in [0.15, 0.2) is 23.1 Å². The number of benzene rings is 1. The summed E-state index contributed by atoms with van der Waals surface area (Å²) in [5.41, 5.74) is 0.901. The summed E-state index contributed by atoms with van der Waals surface area (Å²) >= 11 is 0. The van der Waals surface area contributed by atoms with Crippen molar-refractivity contribution in [1.29, 1.82) is 0 Å². The van der Waals surface area contributed by atoms with E-state index in [1.165, 1.54) is 6.07 Å². The van der Waals surface area contributed by atoms with Crippen molar-refractivity contribution in [2.45, 2.75) is 4.90 Å². The van der Waals surface area contributed by atoms with Crippen LogP contribution in [-0.2, 0) is 14.8 Å².